The highest BCUT2D eigenvalue weighted by Crippen LogP contribution is 2.23. The molecule has 6 heteroatoms. The number of anilines is 1. The number of para-hydroxylation sites is 2. The number of nitrogens with one attached hydrogen (secondary N) is 1. The van der Waals surface area contributed by atoms with Gasteiger partial charge in [0, 0.05) is 11.9 Å². The van der Waals surface area contributed by atoms with Crippen molar-refractivity contribution < 1.29 is 9.53 Å². The van der Waals surface area contributed by atoms with Crippen LogP contribution in [0.15, 0.2) is 72.9 Å². The van der Waals surface area contributed by atoms with Gasteiger partial charge in [-0.15, -0.1) is 0 Å². The van der Waals surface area contributed by atoms with Gasteiger partial charge in [0.1, 0.15) is 18.0 Å². The smallest absolute Gasteiger partial charge is 0.244 e. The van der Waals surface area contributed by atoms with Crippen molar-refractivity contribution in [1.29, 1.82) is 0 Å². The molecule has 0 atom stereocenters. The first-order chi connectivity index (χ1) is 13.2. The van der Waals surface area contributed by atoms with Crippen LogP contribution >= 0.6 is 0 Å². The zero-order valence-electron chi connectivity index (χ0n) is 14.8. The average Bonchev–Trinajstić information content (AvgIpc) is 3.08. The van der Waals surface area contributed by atoms with E-state index in [4.69, 9.17) is 4.74 Å². The molecule has 4 rings (SSSR count). The van der Waals surface area contributed by atoms with E-state index in [2.05, 4.69) is 15.3 Å². The Bertz CT molecular complexity index is 1070. The van der Waals surface area contributed by atoms with Crippen LogP contribution in [0.4, 0.5) is 5.69 Å². The first-order valence-electron chi connectivity index (χ1n) is 8.55. The fraction of sp³-hybridized carbons (Fsp3) is 0.0952. The number of amides is 1. The number of methoxy groups -OCH3 is 1. The summed E-state index contributed by atoms with van der Waals surface area (Å²) in [5.74, 6) is 1.27. The first kappa shape index (κ1) is 16.8. The lowest BCUT2D eigenvalue weighted by atomic mass is 10.3. The third-order valence-electron chi connectivity index (χ3n) is 4.22. The van der Waals surface area contributed by atoms with Gasteiger partial charge in [0.15, 0.2) is 5.82 Å². The molecule has 2 aromatic carbocycles. The van der Waals surface area contributed by atoms with Crippen molar-refractivity contribution in [3.63, 3.8) is 0 Å². The molecule has 27 heavy (non-hydrogen) atoms. The molecule has 0 radical (unpaired) electrons. The molecule has 0 aliphatic rings. The predicted molar refractivity (Wildman–Crippen MR) is 105 cm³/mol. The maximum absolute atomic E-state index is 12.7. The van der Waals surface area contributed by atoms with E-state index in [1.807, 2.05) is 71.3 Å². The Morgan fingerprint density at radius 2 is 1.81 bits per heavy atom. The lowest BCUT2D eigenvalue weighted by Crippen LogP contribution is -2.19. The molecule has 4 aromatic rings. The first-order valence-corrected chi connectivity index (χ1v) is 8.55. The molecule has 1 N–H and O–H groups in total. The number of aromatic nitrogens is 3. The third kappa shape index (κ3) is 3.50. The van der Waals surface area contributed by atoms with Gasteiger partial charge in [0.05, 0.1) is 18.1 Å². The predicted octanol–water partition coefficient (Wildman–Crippen LogP) is 3.75. The number of rotatable bonds is 5. The molecule has 134 valence electrons. The summed E-state index contributed by atoms with van der Waals surface area (Å²) in [5.41, 5.74) is 3.16. The Morgan fingerprint density at radius 1 is 1.04 bits per heavy atom. The maximum atomic E-state index is 12.7. The molecule has 2 aromatic heterocycles. The number of nitrogens with zero attached hydrogens (tertiary/aromatic N) is 3. The SMILES string of the molecule is COc1ccc(NC(=O)Cn2c(-c3ccccn3)nc3ccccc32)cc1. The van der Waals surface area contributed by atoms with E-state index in [1.165, 1.54) is 0 Å². The highest BCUT2D eigenvalue weighted by molar-refractivity contribution is 5.92. The second kappa shape index (κ2) is 7.29. The summed E-state index contributed by atoms with van der Waals surface area (Å²) in [5, 5.41) is 2.91. The Kier molecular flexibility index (Phi) is 4.53. The Labute approximate surface area is 156 Å². The average molecular weight is 358 g/mol. The van der Waals surface area contributed by atoms with Gasteiger partial charge in [-0.3, -0.25) is 9.78 Å². The summed E-state index contributed by atoms with van der Waals surface area (Å²) in [4.78, 5) is 21.7. The summed E-state index contributed by atoms with van der Waals surface area (Å²) in [7, 11) is 1.61. The molecule has 0 bridgehead atoms. The lowest BCUT2D eigenvalue weighted by Gasteiger charge is -2.10. The molecule has 6 nitrogen and oxygen atoms in total. The highest BCUT2D eigenvalue weighted by Gasteiger charge is 2.16. The molecule has 0 spiro atoms. The number of hydrogen-bond acceptors (Lipinski definition) is 4. The van der Waals surface area contributed by atoms with Crippen molar-refractivity contribution in [2.24, 2.45) is 0 Å². The number of pyridine rings is 1. The molecular formula is C21H18N4O2. The van der Waals surface area contributed by atoms with Crippen LogP contribution in [-0.2, 0) is 11.3 Å². The summed E-state index contributed by atoms with van der Waals surface area (Å²) in [6.07, 6.45) is 1.72. The number of fused-ring (bicyclic) bond motifs is 1. The van der Waals surface area contributed by atoms with Crippen LogP contribution in [0.5, 0.6) is 5.75 Å². The Hall–Kier alpha value is -3.67. The van der Waals surface area contributed by atoms with E-state index in [0.717, 1.165) is 22.5 Å². The van der Waals surface area contributed by atoms with Crippen LogP contribution < -0.4 is 10.1 Å². The Balaban J connectivity index is 1.65. The fourth-order valence-electron chi connectivity index (χ4n) is 2.94. The summed E-state index contributed by atoms with van der Waals surface area (Å²) >= 11 is 0. The number of benzene rings is 2. The van der Waals surface area contributed by atoms with E-state index in [9.17, 15) is 4.79 Å². The number of carbonyl (C=O) groups excluding carboxylic acids is 1. The van der Waals surface area contributed by atoms with E-state index < -0.39 is 0 Å². The van der Waals surface area contributed by atoms with E-state index in [-0.39, 0.29) is 12.5 Å². The van der Waals surface area contributed by atoms with E-state index >= 15 is 0 Å². The van der Waals surface area contributed by atoms with Crippen LogP contribution in [0.1, 0.15) is 0 Å². The van der Waals surface area contributed by atoms with Crippen LogP contribution in [-0.4, -0.2) is 27.6 Å². The lowest BCUT2D eigenvalue weighted by molar-refractivity contribution is -0.116. The number of carbonyl (C=O) groups is 1. The molecule has 0 saturated heterocycles. The standard InChI is InChI=1S/C21H18N4O2/c1-27-16-11-9-15(10-12-16)23-20(26)14-25-19-8-3-2-6-17(19)24-21(25)18-7-4-5-13-22-18/h2-13H,14H2,1H3,(H,23,26). The zero-order chi connectivity index (χ0) is 18.6. The van der Waals surface area contributed by atoms with Crippen molar-refractivity contribution in [1.82, 2.24) is 14.5 Å². The monoisotopic (exact) mass is 358 g/mol. The van der Waals surface area contributed by atoms with Gasteiger partial charge >= 0.3 is 0 Å². The minimum absolute atomic E-state index is 0.137. The molecule has 1 amide bonds. The number of hydrogen-bond donors (Lipinski definition) is 1. The third-order valence-corrected chi connectivity index (χ3v) is 4.22. The highest BCUT2D eigenvalue weighted by atomic mass is 16.5. The topological polar surface area (TPSA) is 69.0 Å². The van der Waals surface area contributed by atoms with Crippen molar-refractivity contribution in [2.45, 2.75) is 6.54 Å². The maximum Gasteiger partial charge on any atom is 0.244 e. The van der Waals surface area contributed by atoms with Gasteiger partial charge in [0.2, 0.25) is 5.91 Å². The second-order valence-corrected chi connectivity index (χ2v) is 6.00. The molecule has 0 unspecified atom stereocenters. The van der Waals surface area contributed by atoms with Crippen LogP contribution in [0, 0.1) is 0 Å². The molecule has 2 heterocycles. The molecule has 0 aliphatic carbocycles. The van der Waals surface area contributed by atoms with Gasteiger partial charge in [-0.05, 0) is 48.5 Å². The van der Waals surface area contributed by atoms with Gasteiger partial charge < -0.3 is 14.6 Å². The van der Waals surface area contributed by atoms with Gasteiger partial charge in [-0.2, -0.15) is 0 Å². The van der Waals surface area contributed by atoms with E-state index in [1.54, 1.807) is 13.3 Å². The fourth-order valence-corrected chi connectivity index (χ4v) is 2.94. The molecule has 0 saturated carbocycles. The van der Waals surface area contributed by atoms with Crippen molar-refractivity contribution in [3.05, 3.63) is 72.9 Å². The van der Waals surface area contributed by atoms with Gasteiger partial charge in [0.25, 0.3) is 0 Å². The van der Waals surface area contributed by atoms with Crippen LogP contribution in [0.2, 0.25) is 0 Å². The molecule has 0 aliphatic heterocycles. The van der Waals surface area contributed by atoms with Gasteiger partial charge in [-0.25, -0.2) is 4.98 Å². The summed E-state index contributed by atoms with van der Waals surface area (Å²) in [6, 6.07) is 20.6. The van der Waals surface area contributed by atoms with Crippen LogP contribution in [0.25, 0.3) is 22.6 Å². The van der Waals surface area contributed by atoms with E-state index in [0.29, 0.717) is 11.5 Å². The normalized spacial score (nSPS) is 10.7. The van der Waals surface area contributed by atoms with Crippen molar-refractivity contribution >= 4 is 22.6 Å². The Morgan fingerprint density at radius 3 is 2.56 bits per heavy atom. The zero-order valence-corrected chi connectivity index (χ0v) is 14.8. The molecular weight excluding hydrogens is 340 g/mol. The number of ether oxygens (including phenoxy) is 1. The van der Waals surface area contributed by atoms with Gasteiger partial charge in [-0.1, -0.05) is 18.2 Å². The largest absolute Gasteiger partial charge is 0.497 e. The molecule has 0 fully saturated rings. The minimum Gasteiger partial charge on any atom is -0.497 e. The minimum atomic E-state index is -0.138. The van der Waals surface area contributed by atoms with Crippen molar-refractivity contribution in [3.8, 4) is 17.3 Å². The van der Waals surface area contributed by atoms with Crippen LogP contribution in [0.3, 0.4) is 0 Å². The summed E-state index contributed by atoms with van der Waals surface area (Å²) < 4.78 is 7.03. The number of imidazole rings is 1. The second-order valence-electron chi connectivity index (χ2n) is 6.00. The van der Waals surface area contributed by atoms with Crippen molar-refractivity contribution in [2.75, 3.05) is 12.4 Å². The summed E-state index contributed by atoms with van der Waals surface area (Å²) in [6.45, 7) is 0.137. The quantitative estimate of drug-likeness (QED) is 0.590.